The Hall–Kier alpha value is -7.12. The van der Waals surface area contributed by atoms with Crippen molar-refractivity contribution < 1.29 is 0 Å². The van der Waals surface area contributed by atoms with Crippen molar-refractivity contribution in [2.24, 2.45) is 0 Å². The number of aromatic nitrogens is 7. The number of rotatable bonds is 6. The number of para-hydroxylation sites is 6. The third kappa shape index (κ3) is 4.82. The van der Waals surface area contributed by atoms with Crippen molar-refractivity contribution >= 4 is 33.1 Å². The van der Waals surface area contributed by atoms with Crippen LogP contribution in [0.25, 0.3) is 84.6 Å². The number of hydrogen-bond donors (Lipinski definition) is 0. The van der Waals surface area contributed by atoms with Gasteiger partial charge >= 0.3 is 0 Å². The van der Waals surface area contributed by atoms with Gasteiger partial charge in [-0.05, 0) is 36.4 Å². The second-order valence-electron chi connectivity index (χ2n) is 12.4. The van der Waals surface area contributed by atoms with Crippen LogP contribution in [-0.2, 0) is 0 Å². The molecule has 7 heteroatoms. The Morgan fingerprint density at radius 1 is 0.294 bits per heavy atom. The topological polar surface area (TPSA) is 66.3 Å². The number of nitrogens with zero attached hydrogens (tertiary/aromatic N) is 7. The molecule has 4 heterocycles. The summed E-state index contributed by atoms with van der Waals surface area (Å²) in [6.07, 6.45) is 0. The van der Waals surface area contributed by atoms with Crippen LogP contribution in [0.5, 0.6) is 0 Å². The first kappa shape index (κ1) is 28.9. The van der Waals surface area contributed by atoms with E-state index in [-0.39, 0.29) is 0 Å². The molecule has 0 fully saturated rings. The Kier molecular flexibility index (Phi) is 6.67. The summed E-state index contributed by atoms with van der Waals surface area (Å²) in [4.78, 5) is 21.0. The molecule has 7 nitrogen and oxygen atoms in total. The fraction of sp³-hybridized carbons (Fsp3) is 0. The number of hydrogen-bond acceptors (Lipinski definition) is 4. The molecule has 0 unspecified atom stereocenters. The van der Waals surface area contributed by atoms with E-state index in [1.165, 1.54) is 0 Å². The zero-order chi connectivity index (χ0) is 33.7. The maximum absolute atomic E-state index is 5.50. The molecule has 0 N–H and O–H groups in total. The predicted octanol–water partition coefficient (Wildman–Crippen LogP) is 10.1. The maximum Gasteiger partial charge on any atom is 0.146 e. The van der Waals surface area contributed by atoms with Crippen LogP contribution in [0.15, 0.2) is 176 Å². The van der Waals surface area contributed by atoms with Crippen LogP contribution in [0.1, 0.15) is 0 Å². The average Bonchev–Trinajstić information content (AvgIpc) is 3.91. The largest absolute Gasteiger partial charge is 0.292 e. The summed E-state index contributed by atoms with van der Waals surface area (Å²) in [6.45, 7) is 0. The lowest BCUT2D eigenvalue weighted by Crippen LogP contribution is -2.09. The van der Waals surface area contributed by atoms with Crippen molar-refractivity contribution in [2.75, 3.05) is 0 Å². The third-order valence-electron chi connectivity index (χ3n) is 9.28. The molecule has 10 aromatic rings. The lowest BCUT2D eigenvalue weighted by atomic mass is 10.2. The van der Waals surface area contributed by atoms with E-state index in [4.69, 9.17) is 19.9 Å². The second kappa shape index (κ2) is 11.8. The van der Waals surface area contributed by atoms with Crippen molar-refractivity contribution in [1.29, 1.82) is 0 Å². The quantitative estimate of drug-likeness (QED) is 0.179. The standard InChI is InChI=1S/C44H29N7/c1-4-16-30(17-5-1)42-45-34-22-10-13-25-37(34)49(42)33-28-40(50-38-26-14-11-23-35(38)46-43(50)31-18-6-2-7-19-31)48-41(29-33)51-39-27-15-12-24-36(39)47-44(51)32-20-8-3-9-21-32/h1-29H. The summed E-state index contributed by atoms with van der Waals surface area (Å²) >= 11 is 0. The van der Waals surface area contributed by atoms with Crippen LogP contribution in [0, 0.1) is 0 Å². The summed E-state index contributed by atoms with van der Waals surface area (Å²) in [7, 11) is 0. The van der Waals surface area contributed by atoms with Gasteiger partial charge in [-0.3, -0.25) is 13.7 Å². The monoisotopic (exact) mass is 655 g/mol. The lowest BCUT2D eigenvalue weighted by molar-refractivity contribution is 0.956. The first-order valence-electron chi connectivity index (χ1n) is 16.9. The molecule has 0 saturated heterocycles. The minimum atomic E-state index is 0.726. The molecule has 0 aliphatic heterocycles. The van der Waals surface area contributed by atoms with Gasteiger partial charge < -0.3 is 0 Å². The van der Waals surface area contributed by atoms with Gasteiger partial charge in [0.15, 0.2) is 0 Å². The molecule has 0 aliphatic rings. The van der Waals surface area contributed by atoms with Crippen LogP contribution in [0.4, 0.5) is 0 Å². The van der Waals surface area contributed by atoms with Gasteiger partial charge in [0.25, 0.3) is 0 Å². The highest BCUT2D eigenvalue weighted by Crippen LogP contribution is 2.35. The first-order valence-corrected chi connectivity index (χ1v) is 16.9. The van der Waals surface area contributed by atoms with E-state index < -0.39 is 0 Å². The minimum absolute atomic E-state index is 0.726. The molecule has 0 spiro atoms. The maximum atomic E-state index is 5.50. The highest BCUT2D eigenvalue weighted by atomic mass is 15.2. The smallest absolute Gasteiger partial charge is 0.146 e. The Morgan fingerprint density at radius 3 is 1.00 bits per heavy atom. The van der Waals surface area contributed by atoms with E-state index in [2.05, 4.69) is 117 Å². The van der Waals surface area contributed by atoms with Crippen molar-refractivity contribution in [3.8, 4) is 51.5 Å². The van der Waals surface area contributed by atoms with Crippen molar-refractivity contribution in [3.05, 3.63) is 176 Å². The van der Waals surface area contributed by atoms with E-state index in [1.807, 2.05) is 72.8 Å². The van der Waals surface area contributed by atoms with E-state index >= 15 is 0 Å². The Balaban J connectivity index is 1.34. The zero-order valence-corrected chi connectivity index (χ0v) is 27.4. The fourth-order valence-electron chi connectivity index (χ4n) is 6.99. The SMILES string of the molecule is c1ccc(-c2nc3ccccc3n2-c2cc(-n3c(-c4ccccc4)nc4ccccc43)nc(-n3c(-c4ccccc4)nc4ccccc43)c2)cc1. The van der Waals surface area contributed by atoms with Gasteiger partial charge in [-0.1, -0.05) is 127 Å². The van der Waals surface area contributed by atoms with E-state index in [0.29, 0.717) is 0 Å². The summed E-state index contributed by atoms with van der Waals surface area (Å²) in [5.41, 5.74) is 9.54. The molecule has 0 bridgehead atoms. The lowest BCUT2D eigenvalue weighted by Gasteiger charge is -2.17. The van der Waals surface area contributed by atoms with E-state index in [9.17, 15) is 0 Å². The molecule has 6 aromatic carbocycles. The van der Waals surface area contributed by atoms with Gasteiger partial charge in [-0.2, -0.15) is 0 Å². The second-order valence-corrected chi connectivity index (χ2v) is 12.4. The normalized spacial score (nSPS) is 11.5. The van der Waals surface area contributed by atoms with Gasteiger partial charge in [0.1, 0.15) is 29.1 Å². The van der Waals surface area contributed by atoms with Gasteiger partial charge in [0, 0.05) is 28.8 Å². The van der Waals surface area contributed by atoms with Crippen molar-refractivity contribution in [3.63, 3.8) is 0 Å². The molecule has 240 valence electrons. The molecule has 0 saturated carbocycles. The summed E-state index contributed by atoms with van der Waals surface area (Å²) in [5.74, 6) is 3.92. The molecule has 0 aliphatic carbocycles. The van der Waals surface area contributed by atoms with Crippen LogP contribution in [0.3, 0.4) is 0 Å². The van der Waals surface area contributed by atoms with Gasteiger partial charge in [-0.15, -0.1) is 0 Å². The summed E-state index contributed by atoms with van der Waals surface area (Å²) in [5, 5.41) is 0. The van der Waals surface area contributed by atoms with Crippen LogP contribution in [0.2, 0.25) is 0 Å². The van der Waals surface area contributed by atoms with Gasteiger partial charge in [0.05, 0.1) is 38.8 Å². The molecular weight excluding hydrogens is 627 g/mol. The highest BCUT2D eigenvalue weighted by molar-refractivity contribution is 5.87. The summed E-state index contributed by atoms with van der Waals surface area (Å²) < 4.78 is 6.57. The highest BCUT2D eigenvalue weighted by Gasteiger charge is 2.22. The molecule has 0 atom stereocenters. The number of benzene rings is 6. The number of fused-ring (bicyclic) bond motifs is 3. The fourth-order valence-corrected chi connectivity index (χ4v) is 6.99. The van der Waals surface area contributed by atoms with Gasteiger partial charge in [0.2, 0.25) is 0 Å². The van der Waals surface area contributed by atoms with Crippen LogP contribution in [-0.4, -0.2) is 33.6 Å². The summed E-state index contributed by atoms with van der Waals surface area (Å²) in [6, 6.07) is 60.0. The predicted molar refractivity (Wildman–Crippen MR) is 204 cm³/mol. The molecule has 51 heavy (non-hydrogen) atoms. The Morgan fingerprint density at radius 2 is 0.608 bits per heavy atom. The number of pyridine rings is 1. The van der Waals surface area contributed by atoms with Crippen molar-refractivity contribution in [1.82, 2.24) is 33.6 Å². The first-order chi connectivity index (χ1) is 25.3. The zero-order valence-electron chi connectivity index (χ0n) is 27.4. The third-order valence-corrected chi connectivity index (χ3v) is 9.28. The van der Waals surface area contributed by atoms with Crippen molar-refractivity contribution in [2.45, 2.75) is 0 Å². The number of imidazole rings is 3. The van der Waals surface area contributed by atoms with Crippen LogP contribution < -0.4 is 0 Å². The Labute approximate surface area is 293 Å². The van der Waals surface area contributed by atoms with Gasteiger partial charge in [-0.25, -0.2) is 19.9 Å². The van der Waals surface area contributed by atoms with E-state index in [0.717, 1.165) is 84.6 Å². The Bertz CT molecular complexity index is 2520. The molecular formula is C44H29N7. The molecule has 0 radical (unpaired) electrons. The van der Waals surface area contributed by atoms with E-state index in [1.54, 1.807) is 0 Å². The van der Waals surface area contributed by atoms with Crippen LogP contribution >= 0.6 is 0 Å². The molecule has 10 rings (SSSR count). The minimum Gasteiger partial charge on any atom is -0.292 e. The molecule has 0 amide bonds. The molecule has 4 aromatic heterocycles. The average molecular weight is 656 g/mol.